The van der Waals surface area contributed by atoms with Crippen LogP contribution in [0.3, 0.4) is 0 Å². The Balaban J connectivity index is 1.38. The quantitative estimate of drug-likeness (QED) is 0.227. The molecule has 0 aliphatic heterocycles. The molecule has 0 unspecified atom stereocenters. The topological polar surface area (TPSA) is 127 Å². The molecule has 0 spiro atoms. The Morgan fingerprint density at radius 1 is 0.950 bits per heavy atom. The van der Waals surface area contributed by atoms with Gasteiger partial charge in [0.25, 0.3) is 5.91 Å². The molecule has 40 heavy (non-hydrogen) atoms. The van der Waals surface area contributed by atoms with Crippen molar-refractivity contribution in [3.8, 4) is 16.9 Å². The van der Waals surface area contributed by atoms with Crippen LogP contribution in [0.15, 0.2) is 98.4 Å². The Bertz CT molecular complexity index is 1710. The predicted octanol–water partition coefficient (Wildman–Crippen LogP) is 5.46. The van der Waals surface area contributed by atoms with E-state index in [4.69, 9.17) is 0 Å². The minimum absolute atomic E-state index is 0.302. The van der Waals surface area contributed by atoms with Crippen molar-refractivity contribution in [3.63, 3.8) is 0 Å². The molecule has 0 saturated heterocycles. The summed E-state index contributed by atoms with van der Waals surface area (Å²) in [7, 11) is 0. The Morgan fingerprint density at radius 2 is 1.82 bits per heavy atom. The molecule has 0 atom stereocenters. The minimum atomic E-state index is -0.343. The first kappa shape index (κ1) is 26.0. The lowest BCUT2D eigenvalue weighted by atomic mass is 10.1. The summed E-state index contributed by atoms with van der Waals surface area (Å²) in [6, 6.07) is 16.2. The summed E-state index contributed by atoms with van der Waals surface area (Å²) >= 11 is 0. The molecule has 5 rings (SSSR count). The molecule has 0 fully saturated rings. The molecule has 3 aromatic heterocycles. The van der Waals surface area contributed by atoms with E-state index in [1.165, 1.54) is 6.08 Å². The number of pyridine rings is 1. The summed E-state index contributed by atoms with van der Waals surface area (Å²) in [5.74, 6) is -0.243. The van der Waals surface area contributed by atoms with Crippen molar-refractivity contribution in [2.45, 2.75) is 13.8 Å². The van der Waals surface area contributed by atoms with E-state index in [0.717, 1.165) is 22.5 Å². The van der Waals surface area contributed by atoms with Crippen molar-refractivity contribution in [3.05, 3.63) is 115 Å². The largest absolute Gasteiger partial charge is 0.324 e. The van der Waals surface area contributed by atoms with E-state index in [1.807, 2.05) is 44.3 Å². The first-order valence-electron chi connectivity index (χ1n) is 12.4. The summed E-state index contributed by atoms with van der Waals surface area (Å²) in [5.41, 5.74) is 6.23. The van der Waals surface area contributed by atoms with Gasteiger partial charge in [0.1, 0.15) is 0 Å². The number of aromatic nitrogens is 5. The van der Waals surface area contributed by atoms with Gasteiger partial charge in [-0.3, -0.25) is 14.6 Å². The molecule has 0 bridgehead atoms. The average molecular weight is 531 g/mol. The van der Waals surface area contributed by atoms with Crippen molar-refractivity contribution in [2.24, 2.45) is 0 Å². The van der Waals surface area contributed by atoms with E-state index in [0.29, 0.717) is 34.3 Å². The molecule has 0 saturated carbocycles. The van der Waals surface area contributed by atoms with Gasteiger partial charge in [-0.05, 0) is 74.0 Å². The highest BCUT2D eigenvalue weighted by atomic mass is 16.2. The van der Waals surface area contributed by atoms with Gasteiger partial charge in [-0.1, -0.05) is 12.6 Å². The molecule has 10 heteroatoms. The zero-order chi connectivity index (χ0) is 28.1. The van der Waals surface area contributed by atoms with Crippen molar-refractivity contribution in [1.29, 1.82) is 0 Å². The van der Waals surface area contributed by atoms with Crippen LogP contribution in [0.5, 0.6) is 0 Å². The summed E-state index contributed by atoms with van der Waals surface area (Å²) in [4.78, 5) is 42.5. The van der Waals surface area contributed by atoms with E-state index >= 15 is 0 Å². The Morgan fingerprint density at radius 3 is 2.58 bits per heavy atom. The number of hydrogen-bond donors (Lipinski definition) is 3. The highest BCUT2D eigenvalue weighted by Crippen LogP contribution is 2.27. The second-order valence-corrected chi connectivity index (χ2v) is 8.96. The number of imidazole rings is 1. The molecule has 2 amide bonds. The predicted molar refractivity (Wildman–Crippen MR) is 155 cm³/mol. The van der Waals surface area contributed by atoms with Gasteiger partial charge in [0, 0.05) is 47.3 Å². The molecule has 198 valence electrons. The van der Waals surface area contributed by atoms with E-state index in [9.17, 15) is 9.59 Å². The smallest absolute Gasteiger partial charge is 0.255 e. The number of hydrogen-bond acceptors (Lipinski definition) is 7. The van der Waals surface area contributed by atoms with Gasteiger partial charge in [-0.25, -0.2) is 15.0 Å². The standard InChI is InChI=1S/C30H26N8O2/c1-4-28(39)35-25-10-9-23(15-27(25)38-17-20(3)33-18-38)34-29(40)21-8-7-19(2)26(14-21)37-30-32-13-11-24(36-30)22-6-5-12-31-16-22/h4-18H,1H2,2-3H3,(H,34,40)(H,35,39)(H,32,36,37). The van der Waals surface area contributed by atoms with Gasteiger partial charge in [0.15, 0.2) is 0 Å². The number of rotatable bonds is 8. The maximum atomic E-state index is 13.3. The van der Waals surface area contributed by atoms with Crippen LogP contribution in [0, 0.1) is 13.8 Å². The van der Waals surface area contributed by atoms with Crippen molar-refractivity contribution in [1.82, 2.24) is 24.5 Å². The molecule has 0 aliphatic carbocycles. The van der Waals surface area contributed by atoms with Crippen LogP contribution in [-0.2, 0) is 4.79 Å². The molecule has 2 aromatic carbocycles. The van der Waals surface area contributed by atoms with Crippen molar-refractivity contribution in [2.75, 3.05) is 16.0 Å². The number of carbonyl (C=O) groups excluding carboxylic acids is 2. The third-order valence-corrected chi connectivity index (χ3v) is 6.05. The van der Waals surface area contributed by atoms with E-state index in [1.54, 1.807) is 59.8 Å². The van der Waals surface area contributed by atoms with Gasteiger partial charge in [-0.2, -0.15) is 0 Å². The highest BCUT2D eigenvalue weighted by Gasteiger charge is 2.13. The lowest BCUT2D eigenvalue weighted by Gasteiger charge is -2.14. The number of carbonyl (C=O) groups is 2. The highest BCUT2D eigenvalue weighted by molar-refractivity contribution is 6.06. The first-order chi connectivity index (χ1) is 19.4. The lowest BCUT2D eigenvalue weighted by Crippen LogP contribution is -2.14. The van der Waals surface area contributed by atoms with E-state index in [-0.39, 0.29) is 11.8 Å². The second kappa shape index (κ2) is 11.4. The van der Waals surface area contributed by atoms with Crippen LogP contribution in [0.1, 0.15) is 21.6 Å². The first-order valence-corrected chi connectivity index (χ1v) is 12.4. The van der Waals surface area contributed by atoms with Crippen molar-refractivity contribution < 1.29 is 9.59 Å². The molecule has 10 nitrogen and oxygen atoms in total. The van der Waals surface area contributed by atoms with Crippen LogP contribution in [0.4, 0.5) is 23.0 Å². The van der Waals surface area contributed by atoms with Crippen LogP contribution in [-0.4, -0.2) is 36.3 Å². The van der Waals surface area contributed by atoms with Crippen molar-refractivity contribution >= 4 is 34.8 Å². The number of benzene rings is 2. The summed E-state index contributed by atoms with van der Waals surface area (Å²) < 4.78 is 1.78. The number of nitrogens with one attached hydrogen (secondary N) is 3. The fourth-order valence-corrected chi connectivity index (χ4v) is 3.98. The van der Waals surface area contributed by atoms with Gasteiger partial charge < -0.3 is 20.5 Å². The van der Waals surface area contributed by atoms with Crippen LogP contribution < -0.4 is 16.0 Å². The SMILES string of the molecule is C=CC(=O)Nc1ccc(NC(=O)c2ccc(C)c(Nc3nccc(-c4cccnc4)n3)c2)cc1-n1cnc(C)c1. The zero-order valence-electron chi connectivity index (χ0n) is 21.9. The van der Waals surface area contributed by atoms with Gasteiger partial charge in [-0.15, -0.1) is 0 Å². The second-order valence-electron chi connectivity index (χ2n) is 8.96. The molecular formula is C30H26N8O2. The van der Waals surface area contributed by atoms with Crippen LogP contribution in [0.2, 0.25) is 0 Å². The monoisotopic (exact) mass is 530 g/mol. The maximum Gasteiger partial charge on any atom is 0.255 e. The molecule has 3 N–H and O–H groups in total. The normalized spacial score (nSPS) is 10.6. The van der Waals surface area contributed by atoms with Crippen LogP contribution in [0.25, 0.3) is 16.9 Å². The molecular weight excluding hydrogens is 504 g/mol. The Hall–Kier alpha value is -5.64. The zero-order valence-corrected chi connectivity index (χ0v) is 21.9. The Labute approximate surface area is 230 Å². The fourth-order valence-electron chi connectivity index (χ4n) is 3.98. The molecule has 5 aromatic rings. The van der Waals surface area contributed by atoms with E-state index < -0.39 is 0 Å². The van der Waals surface area contributed by atoms with Gasteiger partial charge in [0.05, 0.1) is 29.1 Å². The van der Waals surface area contributed by atoms with Gasteiger partial charge >= 0.3 is 0 Å². The molecule has 0 aliphatic rings. The summed E-state index contributed by atoms with van der Waals surface area (Å²) in [6.07, 6.45) is 9.78. The third-order valence-electron chi connectivity index (χ3n) is 6.05. The number of aryl methyl sites for hydroxylation is 2. The molecule has 3 heterocycles. The van der Waals surface area contributed by atoms with Gasteiger partial charge in [0.2, 0.25) is 11.9 Å². The maximum absolute atomic E-state index is 13.3. The fraction of sp³-hybridized carbons (Fsp3) is 0.0667. The average Bonchev–Trinajstić information content (AvgIpc) is 3.41. The third kappa shape index (κ3) is 5.91. The summed E-state index contributed by atoms with van der Waals surface area (Å²) in [5, 5.41) is 8.95. The van der Waals surface area contributed by atoms with Crippen LogP contribution >= 0.6 is 0 Å². The number of anilines is 4. The lowest BCUT2D eigenvalue weighted by molar-refractivity contribution is -0.111. The Kier molecular flexibility index (Phi) is 7.41. The summed E-state index contributed by atoms with van der Waals surface area (Å²) in [6.45, 7) is 7.31. The molecule has 0 radical (unpaired) electrons. The van der Waals surface area contributed by atoms with E-state index in [2.05, 4.69) is 42.5 Å². The minimum Gasteiger partial charge on any atom is -0.324 e. The number of nitrogens with zero attached hydrogens (tertiary/aromatic N) is 5. The number of amides is 2.